The number of unbranched alkanes of at least 4 members (excludes halogenated alkanes) is 8. The first kappa shape index (κ1) is 16.0. The van der Waals surface area contributed by atoms with Crippen LogP contribution in [0, 0.1) is 12.8 Å². The van der Waals surface area contributed by atoms with E-state index in [-0.39, 0.29) is 0 Å². The Kier molecular flexibility index (Phi) is 13.1. The zero-order valence-corrected chi connectivity index (χ0v) is 11.8. The van der Waals surface area contributed by atoms with Crippen LogP contribution in [0.3, 0.4) is 0 Å². The molecule has 1 radical (unpaired) electrons. The van der Waals surface area contributed by atoms with Crippen molar-refractivity contribution < 1.29 is 0 Å². The molecule has 0 aromatic heterocycles. The summed E-state index contributed by atoms with van der Waals surface area (Å²) in [7, 11) is 0. The lowest BCUT2D eigenvalue weighted by molar-refractivity contribution is 0.444. The van der Waals surface area contributed by atoms with E-state index in [0.717, 1.165) is 12.3 Å². The fraction of sp³-hybridized carbons (Fsp3) is 0.938. The number of hydrogen-bond acceptors (Lipinski definition) is 0. The molecule has 0 saturated heterocycles. The topological polar surface area (TPSA) is 0 Å². The van der Waals surface area contributed by atoms with Crippen LogP contribution in [0.15, 0.2) is 0 Å². The molecule has 1 unspecified atom stereocenters. The van der Waals surface area contributed by atoms with Gasteiger partial charge in [0.1, 0.15) is 0 Å². The first-order valence-corrected chi connectivity index (χ1v) is 7.60. The van der Waals surface area contributed by atoms with Crippen molar-refractivity contribution in [2.45, 2.75) is 90.9 Å². The largest absolute Gasteiger partial charge is 0.0654 e. The molecule has 0 spiro atoms. The van der Waals surface area contributed by atoms with E-state index >= 15 is 0 Å². The van der Waals surface area contributed by atoms with E-state index in [1.807, 2.05) is 0 Å². The van der Waals surface area contributed by atoms with Crippen LogP contribution in [-0.4, -0.2) is 0 Å². The van der Waals surface area contributed by atoms with Gasteiger partial charge in [0, 0.05) is 0 Å². The van der Waals surface area contributed by atoms with Gasteiger partial charge in [-0.15, -0.1) is 0 Å². The van der Waals surface area contributed by atoms with Crippen LogP contribution >= 0.6 is 0 Å². The summed E-state index contributed by atoms with van der Waals surface area (Å²) >= 11 is 0. The third-order valence-electron chi connectivity index (χ3n) is 3.50. The van der Waals surface area contributed by atoms with Crippen LogP contribution in [-0.2, 0) is 0 Å². The molecule has 0 aromatic rings. The summed E-state index contributed by atoms with van der Waals surface area (Å²) in [6, 6.07) is 0. The molecule has 16 heavy (non-hydrogen) atoms. The lowest BCUT2D eigenvalue weighted by Gasteiger charge is -2.09. The van der Waals surface area contributed by atoms with Crippen molar-refractivity contribution in [3.05, 3.63) is 6.92 Å². The van der Waals surface area contributed by atoms with Crippen LogP contribution in [0.5, 0.6) is 0 Å². The van der Waals surface area contributed by atoms with Crippen molar-refractivity contribution >= 4 is 0 Å². The van der Waals surface area contributed by atoms with Crippen LogP contribution in [0.2, 0.25) is 0 Å². The highest BCUT2D eigenvalue weighted by Crippen LogP contribution is 2.17. The van der Waals surface area contributed by atoms with Gasteiger partial charge in [-0.25, -0.2) is 0 Å². The Morgan fingerprint density at radius 2 is 1.25 bits per heavy atom. The molecule has 97 valence electrons. The minimum atomic E-state index is 0.932. The van der Waals surface area contributed by atoms with Gasteiger partial charge in [0.05, 0.1) is 0 Å². The van der Waals surface area contributed by atoms with Crippen molar-refractivity contribution in [3.8, 4) is 0 Å². The molecule has 0 heteroatoms. The molecule has 0 aliphatic carbocycles. The summed E-state index contributed by atoms with van der Waals surface area (Å²) in [5.41, 5.74) is 0. The summed E-state index contributed by atoms with van der Waals surface area (Å²) in [6.07, 6.45) is 16.8. The summed E-state index contributed by atoms with van der Waals surface area (Å²) in [6.45, 7) is 8.59. The van der Waals surface area contributed by atoms with Gasteiger partial charge >= 0.3 is 0 Å². The Balaban J connectivity index is 3.02. The summed E-state index contributed by atoms with van der Waals surface area (Å²) in [4.78, 5) is 0. The van der Waals surface area contributed by atoms with E-state index in [1.165, 1.54) is 70.6 Å². The molecule has 1 atom stereocenters. The molecule has 0 aliphatic heterocycles. The predicted molar refractivity (Wildman–Crippen MR) is 75.6 cm³/mol. The van der Waals surface area contributed by atoms with E-state index < -0.39 is 0 Å². The summed E-state index contributed by atoms with van der Waals surface area (Å²) < 4.78 is 0. The zero-order chi connectivity index (χ0) is 12.1. The molecule has 0 aliphatic rings. The third-order valence-corrected chi connectivity index (χ3v) is 3.50. The van der Waals surface area contributed by atoms with Crippen molar-refractivity contribution in [1.29, 1.82) is 0 Å². The maximum Gasteiger partial charge on any atom is -0.0443 e. The lowest BCUT2D eigenvalue weighted by atomic mass is 9.97. The number of hydrogen-bond donors (Lipinski definition) is 0. The maximum absolute atomic E-state index is 3.90. The van der Waals surface area contributed by atoms with E-state index in [1.54, 1.807) is 0 Å². The van der Waals surface area contributed by atoms with Gasteiger partial charge in [0.15, 0.2) is 0 Å². The Hall–Kier alpha value is 0. The van der Waals surface area contributed by atoms with Gasteiger partial charge in [-0.2, -0.15) is 0 Å². The van der Waals surface area contributed by atoms with Gasteiger partial charge in [-0.1, -0.05) is 97.8 Å². The average molecular weight is 225 g/mol. The monoisotopic (exact) mass is 225 g/mol. The van der Waals surface area contributed by atoms with E-state index in [4.69, 9.17) is 0 Å². The first-order chi connectivity index (χ1) is 7.81. The SMILES string of the molecule is [CH2]CCCC(C)CCCCCCCCCC. The van der Waals surface area contributed by atoms with Gasteiger partial charge in [-0.05, 0) is 5.92 Å². The Bertz CT molecular complexity index is 117. The Labute approximate surface area is 104 Å². The molecular formula is C16H33. The Morgan fingerprint density at radius 3 is 1.81 bits per heavy atom. The zero-order valence-electron chi connectivity index (χ0n) is 11.8. The second-order valence-electron chi connectivity index (χ2n) is 5.36. The van der Waals surface area contributed by atoms with Crippen molar-refractivity contribution in [2.24, 2.45) is 5.92 Å². The molecule has 0 saturated carbocycles. The van der Waals surface area contributed by atoms with Crippen molar-refractivity contribution in [3.63, 3.8) is 0 Å². The molecule has 0 rings (SSSR count). The summed E-state index contributed by atoms with van der Waals surface area (Å²) in [5.74, 6) is 0.932. The average Bonchev–Trinajstić information content (AvgIpc) is 2.30. The third kappa shape index (κ3) is 12.1. The minimum Gasteiger partial charge on any atom is -0.0654 e. The maximum atomic E-state index is 3.90. The van der Waals surface area contributed by atoms with Crippen LogP contribution < -0.4 is 0 Å². The second kappa shape index (κ2) is 13.1. The van der Waals surface area contributed by atoms with Gasteiger partial charge in [0.25, 0.3) is 0 Å². The van der Waals surface area contributed by atoms with Crippen LogP contribution in [0.1, 0.15) is 90.9 Å². The molecule has 0 bridgehead atoms. The van der Waals surface area contributed by atoms with Gasteiger partial charge in [-0.3, -0.25) is 0 Å². The quantitative estimate of drug-likeness (QED) is 0.349. The van der Waals surface area contributed by atoms with E-state index in [0.29, 0.717) is 0 Å². The smallest absolute Gasteiger partial charge is 0.0443 e. The molecule has 0 fully saturated rings. The Morgan fingerprint density at radius 1 is 0.750 bits per heavy atom. The first-order valence-electron chi connectivity index (χ1n) is 7.60. The number of rotatable bonds is 12. The van der Waals surface area contributed by atoms with Crippen LogP contribution in [0.25, 0.3) is 0 Å². The summed E-state index contributed by atoms with van der Waals surface area (Å²) in [5, 5.41) is 0. The standard InChI is InChI=1S/C16H33/c1-4-6-8-9-10-11-12-13-15-16(3)14-7-5-2/h16H,2,4-15H2,1,3H3. The predicted octanol–water partition coefficient (Wildman–Crippen LogP) is 6.16. The van der Waals surface area contributed by atoms with Gasteiger partial charge in [0.2, 0.25) is 0 Å². The molecule has 0 heterocycles. The molecular weight excluding hydrogens is 192 g/mol. The highest BCUT2D eigenvalue weighted by molar-refractivity contribution is 4.55. The molecule has 0 aromatic carbocycles. The van der Waals surface area contributed by atoms with E-state index in [9.17, 15) is 0 Å². The van der Waals surface area contributed by atoms with Crippen LogP contribution in [0.4, 0.5) is 0 Å². The van der Waals surface area contributed by atoms with Gasteiger partial charge < -0.3 is 0 Å². The molecule has 0 N–H and O–H groups in total. The minimum absolute atomic E-state index is 0.932. The highest BCUT2D eigenvalue weighted by Gasteiger charge is 2.00. The van der Waals surface area contributed by atoms with E-state index in [2.05, 4.69) is 20.8 Å². The lowest BCUT2D eigenvalue weighted by Crippen LogP contribution is -1.94. The second-order valence-corrected chi connectivity index (χ2v) is 5.36. The highest BCUT2D eigenvalue weighted by atomic mass is 14.1. The molecule has 0 nitrogen and oxygen atoms in total. The van der Waals surface area contributed by atoms with Crippen molar-refractivity contribution in [2.75, 3.05) is 0 Å². The van der Waals surface area contributed by atoms with Crippen molar-refractivity contribution in [1.82, 2.24) is 0 Å². The fourth-order valence-corrected chi connectivity index (χ4v) is 2.26. The fourth-order valence-electron chi connectivity index (χ4n) is 2.26. The normalized spacial score (nSPS) is 12.9. The molecule has 0 amide bonds.